The zero-order valence-electron chi connectivity index (χ0n) is 26.0. The van der Waals surface area contributed by atoms with Crippen molar-refractivity contribution in [2.75, 3.05) is 20.3 Å². The first-order valence-electron chi connectivity index (χ1n) is 15.5. The molecule has 1 aliphatic rings. The maximum Gasteiger partial charge on any atom is 0.184 e. The van der Waals surface area contributed by atoms with E-state index in [1.807, 2.05) is 6.07 Å². The highest BCUT2D eigenvalue weighted by Gasteiger charge is 2.30. The molecule has 2 aromatic rings. The van der Waals surface area contributed by atoms with Gasteiger partial charge in [-0.1, -0.05) is 62.3 Å². The molecule has 41 heavy (non-hydrogen) atoms. The predicted octanol–water partition coefficient (Wildman–Crippen LogP) is 9.74. The van der Waals surface area contributed by atoms with E-state index in [0.717, 1.165) is 66.9 Å². The first-order valence-corrected chi connectivity index (χ1v) is 15.5. The first kappa shape index (κ1) is 32.6. The van der Waals surface area contributed by atoms with Crippen LogP contribution in [0.1, 0.15) is 109 Å². The van der Waals surface area contributed by atoms with Crippen LogP contribution in [0.5, 0.6) is 11.5 Å². The average molecular weight is 567 g/mol. The number of benzene rings is 2. The molecule has 0 aliphatic carbocycles. The molecular weight excluding hydrogens is 516 g/mol. The number of methoxy groups -OCH3 is 1. The Hall–Kier alpha value is -2.95. The topological polar surface area (TPSA) is 21.5 Å². The molecule has 224 valence electrons. The highest BCUT2D eigenvalue weighted by Crippen LogP contribution is 2.37. The van der Waals surface area contributed by atoms with Gasteiger partial charge in [0.25, 0.3) is 0 Å². The molecule has 3 rings (SSSR count). The van der Waals surface area contributed by atoms with Crippen molar-refractivity contribution in [2.24, 2.45) is 0 Å². The molecule has 0 N–H and O–H groups in total. The molecule has 3 nitrogen and oxygen atoms in total. The van der Waals surface area contributed by atoms with E-state index in [-0.39, 0.29) is 5.82 Å². The third-order valence-corrected chi connectivity index (χ3v) is 7.85. The fourth-order valence-electron chi connectivity index (χ4n) is 5.54. The van der Waals surface area contributed by atoms with Gasteiger partial charge in [-0.05, 0) is 76.8 Å². The second kappa shape index (κ2) is 17.1. The minimum atomic E-state index is -0.412. The summed E-state index contributed by atoms with van der Waals surface area (Å²) < 4.78 is 43.0. The number of ether oxygens (including phenoxy) is 2. The lowest BCUT2D eigenvalue weighted by atomic mass is 9.92. The van der Waals surface area contributed by atoms with Gasteiger partial charge in [0.15, 0.2) is 23.8 Å². The quantitative estimate of drug-likeness (QED) is 0.108. The smallest absolute Gasteiger partial charge is 0.184 e. The van der Waals surface area contributed by atoms with Crippen molar-refractivity contribution in [1.82, 2.24) is 0 Å². The molecule has 0 fully saturated rings. The summed E-state index contributed by atoms with van der Waals surface area (Å²) in [6.07, 6.45) is 16.4. The Kier molecular flexibility index (Phi) is 13.6. The van der Waals surface area contributed by atoms with Crippen molar-refractivity contribution in [1.29, 1.82) is 0 Å². The SMILES string of the molecule is CCCCCCCCOc1c(OC)ccc2c1CC[N+](Cc1cc(F)ccc1F)=C2CCC=C(C)CCC=C(C)C. The number of hydrogen-bond acceptors (Lipinski definition) is 2. The van der Waals surface area contributed by atoms with E-state index in [1.54, 1.807) is 7.11 Å². The number of hydrogen-bond donors (Lipinski definition) is 0. The van der Waals surface area contributed by atoms with Crippen molar-refractivity contribution in [3.63, 3.8) is 0 Å². The molecule has 0 atom stereocenters. The lowest BCUT2D eigenvalue weighted by molar-refractivity contribution is -0.546. The zero-order valence-corrected chi connectivity index (χ0v) is 26.0. The van der Waals surface area contributed by atoms with Crippen LogP contribution in [-0.2, 0) is 13.0 Å². The van der Waals surface area contributed by atoms with Gasteiger partial charge < -0.3 is 9.47 Å². The molecule has 0 aromatic heterocycles. The predicted molar refractivity (Wildman–Crippen MR) is 167 cm³/mol. The molecular formula is C36H50F2NO2+. The zero-order chi connectivity index (χ0) is 29.6. The third-order valence-electron chi connectivity index (χ3n) is 7.85. The number of fused-ring (bicyclic) bond motifs is 1. The largest absolute Gasteiger partial charge is 0.493 e. The maximum absolute atomic E-state index is 14.7. The molecule has 5 heteroatoms. The van der Waals surface area contributed by atoms with Gasteiger partial charge in [-0.15, -0.1) is 0 Å². The average Bonchev–Trinajstić information content (AvgIpc) is 2.95. The van der Waals surface area contributed by atoms with Crippen LogP contribution in [0.25, 0.3) is 0 Å². The van der Waals surface area contributed by atoms with Gasteiger partial charge in [-0.2, -0.15) is 0 Å². The summed E-state index contributed by atoms with van der Waals surface area (Å²) >= 11 is 0. The maximum atomic E-state index is 14.7. The molecule has 0 spiro atoms. The summed E-state index contributed by atoms with van der Waals surface area (Å²) in [6, 6.07) is 7.82. The Labute approximate surface area is 247 Å². The van der Waals surface area contributed by atoms with E-state index in [1.165, 1.54) is 61.4 Å². The molecule has 0 bridgehead atoms. The number of nitrogens with zero attached hydrogens (tertiary/aromatic N) is 1. The number of unbranched alkanes of at least 4 members (excludes halogenated alkanes) is 5. The van der Waals surface area contributed by atoms with Crippen molar-refractivity contribution >= 4 is 5.71 Å². The fourth-order valence-corrected chi connectivity index (χ4v) is 5.54. The molecule has 0 saturated carbocycles. The summed E-state index contributed by atoms with van der Waals surface area (Å²) in [6.45, 7) is 10.4. The standard InChI is InChI=1S/C36H50F2NO2/c1-6-7-8-9-10-11-24-41-36-32-22-23-39(26-29-25-30(37)18-20-33(29)38)34(31(32)19-21-35(36)40-5)17-13-16-28(4)15-12-14-27(2)3/h14,16,18-21,25H,6-13,15,17,22-24,26H2,1-5H3/q+1. The van der Waals surface area contributed by atoms with Crippen LogP contribution in [0.2, 0.25) is 0 Å². The molecule has 0 saturated heterocycles. The molecule has 1 aliphatic heterocycles. The fraction of sp³-hybridized carbons (Fsp3) is 0.528. The van der Waals surface area contributed by atoms with E-state index in [9.17, 15) is 8.78 Å². The van der Waals surface area contributed by atoms with Gasteiger partial charge in [0.05, 0.1) is 19.3 Å². The van der Waals surface area contributed by atoms with E-state index in [2.05, 4.69) is 50.5 Å². The van der Waals surface area contributed by atoms with Gasteiger partial charge in [0, 0.05) is 24.0 Å². The number of halogens is 2. The van der Waals surface area contributed by atoms with Crippen LogP contribution in [0.3, 0.4) is 0 Å². The lowest BCUT2D eigenvalue weighted by Crippen LogP contribution is -2.30. The van der Waals surface area contributed by atoms with Gasteiger partial charge >= 0.3 is 0 Å². The highest BCUT2D eigenvalue weighted by atomic mass is 19.1. The minimum absolute atomic E-state index is 0.335. The van der Waals surface area contributed by atoms with Crippen LogP contribution < -0.4 is 9.47 Å². The van der Waals surface area contributed by atoms with Gasteiger partial charge in [0.1, 0.15) is 18.2 Å². The van der Waals surface area contributed by atoms with E-state index in [4.69, 9.17) is 9.47 Å². The Morgan fingerprint density at radius 3 is 2.49 bits per heavy atom. The second-order valence-corrected chi connectivity index (χ2v) is 11.5. The summed E-state index contributed by atoms with van der Waals surface area (Å²) in [4.78, 5) is 0. The second-order valence-electron chi connectivity index (χ2n) is 11.5. The first-order chi connectivity index (χ1) is 19.8. The van der Waals surface area contributed by atoms with Crippen molar-refractivity contribution in [2.45, 2.75) is 105 Å². The molecule has 0 amide bonds. The van der Waals surface area contributed by atoms with Gasteiger partial charge in [-0.3, -0.25) is 0 Å². The van der Waals surface area contributed by atoms with Gasteiger partial charge in [0.2, 0.25) is 0 Å². The van der Waals surface area contributed by atoms with Crippen molar-refractivity contribution in [3.05, 3.63) is 82.0 Å². The number of allylic oxidation sites excluding steroid dienone is 4. The van der Waals surface area contributed by atoms with E-state index in [0.29, 0.717) is 25.3 Å². The molecule has 0 unspecified atom stereocenters. The molecule has 0 radical (unpaired) electrons. The Bertz CT molecular complexity index is 1220. The van der Waals surface area contributed by atoms with Crippen LogP contribution >= 0.6 is 0 Å². The third kappa shape index (κ3) is 10.1. The van der Waals surface area contributed by atoms with Crippen LogP contribution in [0.4, 0.5) is 8.78 Å². The molecule has 2 aromatic carbocycles. The monoisotopic (exact) mass is 566 g/mol. The minimum Gasteiger partial charge on any atom is -0.493 e. The Morgan fingerprint density at radius 1 is 0.951 bits per heavy atom. The summed E-state index contributed by atoms with van der Waals surface area (Å²) in [5.74, 6) is 0.810. The molecule has 1 heterocycles. The Balaban J connectivity index is 1.87. The van der Waals surface area contributed by atoms with E-state index >= 15 is 0 Å². The summed E-state index contributed by atoms with van der Waals surface area (Å²) in [5.41, 5.74) is 6.53. The lowest BCUT2D eigenvalue weighted by Gasteiger charge is -2.23. The normalized spacial score (nSPS) is 13.3. The summed E-state index contributed by atoms with van der Waals surface area (Å²) in [5, 5.41) is 0. The van der Waals surface area contributed by atoms with Crippen molar-refractivity contribution in [3.8, 4) is 11.5 Å². The van der Waals surface area contributed by atoms with Crippen LogP contribution in [0.15, 0.2) is 53.6 Å². The van der Waals surface area contributed by atoms with E-state index < -0.39 is 5.82 Å². The number of rotatable bonds is 17. The summed E-state index contributed by atoms with van der Waals surface area (Å²) in [7, 11) is 1.69. The highest BCUT2D eigenvalue weighted by molar-refractivity contribution is 5.99. The Morgan fingerprint density at radius 2 is 1.73 bits per heavy atom. The van der Waals surface area contributed by atoms with Crippen LogP contribution in [-0.4, -0.2) is 30.5 Å². The van der Waals surface area contributed by atoms with Crippen LogP contribution in [0, 0.1) is 11.6 Å². The van der Waals surface area contributed by atoms with Crippen molar-refractivity contribution < 1.29 is 22.8 Å². The van der Waals surface area contributed by atoms with Gasteiger partial charge in [-0.25, -0.2) is 13.4 Å².